The molecular formula is C23H26N2O6S. The lowest BCUT2D eigenvalue weighted by molar-refractivity contribution is 0.0730. The molecule has 170 valence electrons. The average molecular weight is 459 g/mol. The molecule has 0 saturated carbocycles. The van der Waals surface area contributed by atoms with Crippen LogP contribution >= 0.6 is 0 Å². The zero-order chi connectivity index (χ0) is 22.1. The molecule has 2 aromatic rings. The van der Waals surface area contributed by atoms with Crippen molar-refractivity contribution in [2.45, 2.75) is 23.8 Å². The molecule has 5 rings (SSSR count). The normalized spacial score (nSPS) is 21.5. The van der Waals surface area contributed by atoms with E-state index in [1.807, 2.05) is 23.1 Å². The zero-order valence-corrected chi connectivity index (χ0v) is 18.6. The van der Waals surface area contributed by atoms with E-state index in [9.17, 15) is 13.2 Å². The highest BCUT2D eigenvalue weighted by Gasteiger charge is 2.32. The van der Waals surface area contributed by atoms with Gasteiger partial charge in [-0.25, -0.2) is 8.42 Å². The number of amides is 1. The van der Waals surface area contributed by atoms with Crippen LogP contribution in [0.4, 0.5) is 0 Å². The van der Waals surface area contributed by atoms with Crippen molar-refractivity contribution in [1.29, 1.82) is 0 Å². The molecular weight excluding hydrogens is 432 g/mol. The number of rotatable bonds is 4. The lowest BCUT2D eigenvalue weighted by atomic mass is 10.0. The summed E-state index contributed by atoms with van der Waals surface area (Å²) in [6.07, 6.45) is 1.78. The second-order valence-corrected chi connectivity index (χ2v) is 10.0. The first-order chi connectivity index (χ1) is 15.5. The van der Waals surface area contributed by atoms with Gasteiger partial charge in [0, 0.05) is 25.2 Å². The van der Waals surface area contributed by atoms with E-state index in [-0.39, 0.29) is 16.8 Å². The predicted molar refractivity (Wildman–Crippen MR) is 116 cm³/mol. The number of ether oxygens (including phenoxy) is 3. The van der Waals surface area contributed by atoms with Crippen LogP contribution in [-0.4, -0.2) is 69.6 Å². The number of nitrogens with zero attached hydrogens (tertiary/aromatic N) is 2. The van der Waals surface area contributed by atoms with Crippen molar-refractivity contribution < 1.29 is 27.4 Å². The fourth-order valence-corrected chi connectivity index (χ4v) is 5.90. The SMILES string of the molecule is O=C(c1ccc(S(=O)(=O)N2CCOCC2)cc1)N1CCCC1c1ccc2c(c1)OCCO2. The van der Waals surface area contributed by atoms with Crippen molar-refractivity contribution in [1.82, 2.24) is 9.21 Å². The number of carbonyl (C=O) groups excluding carboxylic acids is 1. The van der Waals surface area contributed by atoms with Crippen LogP contribution in [0.1, 0.15) is 34.8 Å². The predicted octanol–water partition coefficient (Wildman–Crippen LogP) is 2.46. The summed E-state index contributed by atoms with van der Waals surface area (Å²) in [5, 5.41) is 0. The largest absolute Gasteiger partial charge is 0.486 e. The minimum atomic E-state index is -3.58. The Balaban J connectivity index is 1.34. The Labute approximate surface area is 187 Å². The molecule has 1 unspecified atom stereocenters. The average Bonchev–Trinajstić information content (AvgIpc) is 3.34. The number of hydrogen-bond donors (Lipinski definition) is 0. The monoisotopic (exact) mass is 458 g/mol. The first kappa shape index (κ1) is 21.2. The van der Waals surface area contributed by atoms with Gasteiger partial charge in [0.2, 0.25) is 10.0 Å². The van der Waals surface area contributed by atoms with Gasteiger partial charge in [0.15, 0.2) is 11.5 Å². The van der Waals surface area contributed by atoms with Crippen LogP contribution in [-0.2, 0) is 14.8 Å². The van der Waals surface area contributed by atoms with Crippen molar-refractivity contribution >= 4 is 15.9 Å². The number of hydrogen-bond acceptors (Lipinski definition) is 6. The van der Waals surface area contributed by atoms with Crippen LogP contribution < -0.4 is 9.47 Å². The number of morpholine rings is 1. The first-order valence-electron chi connectivity index (χ1n) is 10.9. The Morgan fingerprint density at radius 2 is 1.59 bits per heavy atom. The lowest BCUT2D eigenvalue weighted by Crippen LogP contribution is -2.40. The molecule has 3 aliphatic heterocycles. The summed E-state index contributed by atoms with van der Waals surface area (Å²) in [4.78, 5) is 15.3. The highest BCUT2D eigenvalue weighted by molar-refractivity contribution is 7.89. The fourth-order valence-electron chi connectivity index (χ4n) is 4.49. The van der Waals surface area contributed by atoms with Gasteiger partial charge in [-0.2, -0.15) is 4.31 Å². The molecule has 0 radical (unpaired) electrons. The van der Waals surface area contributed by atoms with Crippen molar-refractivity contribution in [3.8, 4) is 11.5 Å². The van der Waals surface area contributed by atoms with Crippen LogP contribution in [0.3, 0.4) is 0 Å². The summed E-state index contributed by atoms with van der Waals surface area (Å²) in [6.45, 7) is 3.19. The van der Waals surface area contributed by atoms with Crippen molar-refractivity contribution in [3.05, 3.63) is 53.6 Å². The van der Waals surface area contributed by atoms with Gasteiger partial charge in [0.05, 0.1) is 24.2 Å². The summed E-state index contributed by atoms with van der Waals surface area (Å²) in [5.41, 5.74) is 1.50. The Kier molecular flexibility index (Phi) is 5.79. The molecule has 32 heavy (non-hydrogen) atoms. The number of fused-ring (bicyclic) bond motifs is 1. The summed E-state index contributed by atoms with van der Waals surface area (Å²) in [6, 6.07) is 12.1. The number of carbonyl (C=O) groups is 1. The van der Waals surface area contributed by atoms with E-state index in [1.165, 1.54) is 16.4 Å². The number of likely N-dealkylation sites (tertiary alicyclic amines) is 1. The Bertz CT molecular complexity index is 1100. The van der Waals surface area contributed by atoms with E-state index in [2.05, 4.69) is 0 Å². The molecule has 2 saturated heterocycles. The van der Waals surface area contributed by atoms with Crippen molar-refractivity contribution in [3.63, 3.8) is 0 Å². The van der Waals surface area contributed by atoms with E-state index in [0.717, 1.165) is 24.2 Å². The third kappa shape index (κ3) is 3.96. The van der Waals surface area contributed by atoms with E-state index in [0.29, 0.717) is 57.4 Å². The van der Waals surface area contributed by atoms with Crippen molar-refractivity contribution in [2.75, 3.05) is 46.1 Å². The lowest BCUT2D eigenvalue weighted by Gasteiger charge is -2.27. The summed E-state index contributed by atoms with van der Waals surface area (Å²) < 4.78 is 43.6. The molecule has 2 fully saturated rings. The summed E-state index contributed by atoms with van der Waals surface area (Å²) >= 11 is 0. The molecule has 3 aliphatic rings. The van der Waals surface area contributed by atoms with Gasteiger partial charge in [-0.15, -0.1) is 0 Å². The molecule has 2 aromatic carbocycles. The van der Waals surface area contributed by atoms with Crippen LogP contribution in [0.15, 0.2) is 47.4 Å². The highest BCUT2D eigenvalue weighted by atomic mass is 32.2. The van der Waals surface area contributed by atoms with Crippen LogP contribution in [0.25, 0.3) is 0 Å². The van der Waals surface area contributed by atoms with Gasteiger partial charge in [0.1, 0.15) is 13.2 Å². The Morgan fingerprint density at radius 3 is 2.34 bits per heavy atom. The van der Waals surface area contributed by atoms with Gasteiger partial charge in [-0.05, 0) is 54.8 Å². The molecule has 0 aliphatic carbocycles. The van der Waals surface area contributed by atoms with E-state index < -0.39 is 10.0 Å². The maximum atomic E-state index is 13.3. The van der Waals surface area contributed by atoms with Crippen LogP contribution in [0.5, 0.6) is 11.5 Å². The van der Waals surface area contributed by atoms with Crippen LogP contribution in [0, 0.1) is 0 Å². The summed E-state index contributed by atoms with van der Waals surface area (Å²) in [7, 11) is -3.58. The van der Waals surface area contributed by atoms with Gasteiger partial charge in [-0.1, -0.05) is 6.07 Å². The molecule has 8 nitrogen and oxygen atoms in total. The summed E-state index contributed by atoms with van der Waals surface area (Å²) in [5.74, 6) is 1.34. The minimum absolute atomic E-state index is 0.0462. The topological polar surface area (TPSA) is 85.4 Å². The molecule has 0 spiro atoms. The third-order valence-electron chi connectivity index (χ3n) is 6.17. The first-order valence-corrected chi connectivity index (χ1v) is 12.4. The second-order valence-electron chi connectivity index (χ2n) is 8.10. The fraction of sp³-hybridized carbons (Fsp3) is 0.435. The Morgan fingerprint density at radius 1 is 0.875 bits per heavy atom. The molecule has 0 bridgehead atoms. The van der Waals surface area contributed by atoms with Crippen LogP contribution in [0.2, 0.25) is 0 Å². The van der Waals surface area contributed by atoms with Gasteiger partial charge >= 0.3 is 0 Å². The quantitative estimate of drug-likeness (QED) is 0.700. The van der Waals surface area contributed by atoms with E-state index >= 15 is 0 Å². The van der Waals surface area contributed by atoms with E-state index in [1.54, 1.807) is 12.1 Å². The van der Waals surface area contributed by atoms with Crippen molar-refractivity contribution in [2.24, 2.45) is 0 Å². The van der Waals surface area contributed by atoms with Gasteiger partial charge in [0.25, 0.3) is 5.91 Å². The molecule has 0 aromatic heterocycles. The third-order valence-corrected chi connectivity index (χ3v) is 8.09. The molecule has 1 amide bonds. The molecule has 1 atom stereocenters. The second kappa shape index (κ2) is 8.73. The zero-order valence-electron chi connectivity index (χ0n) is 17.7. The van der Waals surface area contributed by atoms with Gasteiger partial charge < -0.3 is 19.1 Å². The standard InChI is InChI=1S/C23H26N2O6S/c26-23(17-3-6-19(7-4-17)32(27,28)24-10-12-29-13-11-24)25-9-1-2-20(25)18-5-8-21-22(16-18)31-15-14-30-21/h3-8,16,20H,1-2,9-15H2. The molecule has 3 heterocycles. The maximum Gasteiger partial charge on any atom is 0.254 e. The van der Waals surface area contributed by atoms with E-state index in [4.69, 9.17) is 14.2 Å². The number of benzene rings is 2. The molecule has 9 heteroatoms. The Hall–Kier alpha value is -2.62. The maximum absolute atomic E-state index is 13.3. The molecule has 0 N–H and O–H groups in total. The number of sulfonamides is 1. The van der Waals surface area contributed by atoms with Gasteiger partial charge in [-0.3, -0.25) is 4.79 Å². The minimum Gasteiger partial charge on any atom is -0.486 e. The highest BCUT2D eigenvalue weighted by Crippen LogP contribution is 2.38. The smallest absolute Gasteiger partial charge is 0.254 e.